The number of thiol groups is 1. The predicted octanol–water partition coefficient (Wildman–Crippen LogP) is 1.51. The van der Waals surface area contributed by atoms with E-state index in [4.69, 9.17) is 4.74 Å². The molecule has 8 heavy (non-hydrogen) atoms. The van der Waals surface area contributed by atoms with E-state index in [-0.39, 0.29) is 0 Å². The van der Waals surface area contributed by atoms with Gasteiger partial charge in [0.25, 0.3) is 0 Å². The van der Waals surface area contributed by atoms with Crippen LogP contribution in [0.4, 0.5) is 0 Å². The predicted molar refractivity (Wildman–Crippen MR) is 39.5 cm³/mol. The van der Waals surface area contributed by atoms with E-state index >= 15 is 0 Å². The standard InChI is InChI=1S/C6H12OS/c1-3-7-4-6(2)5-8/h8H,2-5H2,1H3. The van der Waals surface area contributed by atoms with Crippen LogP contribution in [0.1, 0.15) is 6.92 Å². The maximum atomic E-state index is 5.04. The minimum atomic E-state index is 0.653. The van der Waals surface area contributed by atoms with Crippen LogP contribution in [0.5, 0.6) is 0 Å². The second-order valence-corrected chi connectivity index (χ2v) is 1.86. The Bertz CT molecular complexity index is 70.9. The summed E-state index contributed by atoms with van der Waals surface area (Å²) in [6.07, 6.45) is 0. The van der Waals surface area contributed by atoms with Gasteiger partial charge in [-0.1, -0.05) is 6.58 Å². The summed E-state index contributed by atoms with van der Waals surface area (Å²) < 4.78 is 5.04. The third kappa shape index (κ3) is 4.22. The molecule has 0 aromatic heterocycles. The van der Waals surface area contributed by atoms with Crippen molar-refractivity contribution in [3.63, 3.8) is 0 Å². The van der Waals surface area contributed by atoms with Crippen LogP contribution in [0.2, 0.25) is 0 Å². The molecule has 0 aliphatic carbocycles. The van der Waals surface area contributed by atoms with E-state index in [1.807, 2.05) is 6.92 Å². The summed E-state index contributed by atoms with van der Waals surface area (Å²) in [5.41, 5.74) is 1.04. The second kappa shape index (κ2) is 5.19. The largest absolute Gasteiger partial charge is 0.377 e. The van der Waals surface area contributed by atoms with Gasteiger partial charge < -0.3 is 4.74 Å². The molecule has 0 fully saturated rings. The van der Waals surface area contributed by atoms with Gasteiger partial charge in [-0.3, -0.25) is 0 Å². The molecule has 2 heteroatoms. The Morgan fingerprint density at radius 2 is 2.38 bits per heavy atom. The highest BCUT2D eigenvalue weighted by atomic mass is 32.1. The van der Waals surface area contributed by atoms with Crippen LogP contribution < -0.4 is 0 Å². The Kier molecular flexibility index (Phi) is 5.22. The smallest absolute Gasteiger partial charge is 0.0681 e. The summed E-state index contributed by atoms with van der Waals surface area (Å²) in [7, 11) is 0. The summed E-state index contributed by atoms with van der Waals surface area (Å²) in [6.45, 7) is 7.08. The third-order valence-electron chi connectivity index (χ3n) is 0.734. The average Bonchev–Trinajstić information content (AvgIpc) is 1.83. The summed E-state index contributed by atoms with van der Waals surface area (Å²) in [5.74, 6) is 0.722. The molecule has 0 radical (unpaired) electrons. The van der Waals surface area contributed by atoms with Gasteiger partial charge in [0.15, 0.2) is 0 Å². The first-order valence-corrected chi connectivity index (χ1v) is 3.29. The first-order chi connectivity index (χ1) is 3.81. The maximum absolute atomic E-state index is 5.04. The van der Waals surface area contributed by atoms with Gasteiger partial charge in [0.2, 0.25) is 0 Å². The van der Waals surface area contributed by atoms with E-state index in [2.05, 4.69) is 19.2 Å². The molecule has 0 N–H and O–H groups in total. The normalized spacial score (nSPS) is 9.25. The zero-order chi connectivity index (χ0) is 6.41. The van der Waals surface area contributed by atoms with E-state index in [1.165, 1.54) is 0 Å². The molecule has 0 aliphatic heterocycles. The van der Waals surface area contributed by atoms with E-state index in [1.54, 1.807) is 0 Å². The van der Waals surface area contributed by atoms with E-state index in [9.17, 15) is 0 Å². The molecule has 0 rings (SSSR count). The molecule has 0 aromatic carbocycles. The minimum Gasteiger partial charge on any atom is -0.377 e. The molecule has 0 unspecified atom stereocenters. The molecule has 0 saturated heterocycles. The van der Waals surface area contributed by atoms with Crippen molar-refractivity contribution in [2.75, 3.05) is 19.0 Å². The highest BCUT2D eigenvalue weighted by molar-refractivity contribution is 7.80. The van der Waals surface area contributed by atoms with Gasteiger partial charge in [0.1, 0.15) is 0 Å². The van der Waals surface area contributed by atoms with Crippen molar-refractivity contribution in [2.45, 2.75) is 6.92 Å². The van der Waals surface area contributed by atoms with Crippen molar-refractivity contribution in [2.24, 2.45) is 0 Å². The van der Waals surface area contributed by atoms with Crippen molar-refractivity contribution >= 4 is 12.6 Å². The van der Waals surface area contributed by atoms with Gasteiger partial charge in [0.05, 0.1) is 6.61 Å². The molecule has 0 aliphatic rings. The molecular formula is C6H12OS. The Morgan fingerprint density at radius 1 is 1.75 bits per heavy atom. The molecular weight excluding hydrogens is 120 g/mol. The number of ether oxygens (including phenoxy) is 1. The molecule has 0 spiro atoms. The van der Waals surface area contributed by atoms with Crippen molar-refractivity contribution < 1.29 is 4.74 Å². The topological polar surface area (TPSA) is 9.23 Å². The van der Waals surface area contributed by atoms with Gasteiger partial charge in [-0.05, 0) is 12.5 Å². The molecule has 48 valence electrons. The Labute approximate surface area is 56.1 Å². The molecule has 0 heterocycles. The van der Waals surface area contributed by atoms with Gasteiger partial charge >= 0.3 is 0 Å². The lowest BCUT2D eigenvalue weighted by Crippen LogP contribution is -1.96. The summed E-state index contributed by atoms with van der Waals surface area (Å²) in [5, 5.41) is 0. The Morgan fingerprint density at radius 3 is 2.75 bits per heavy atom. The lowest BCUT2D eigenvalue weighted by atomic mass is 10.4. The van der Waals surface area contributed by atoms with Crippen LogP contribution in [0.15, 0.2) is 12.2 Å². The number of hydrogen-bond donors (Lipinski definition) is 1. The second-order valence-electron chi connectivity index (χ2n) is 1.55. The fourth-order valence-electron chi connectivity index (χ4n) is 0.292. The molecule has 0 atom stereocenters. The lowest BCUT2D eigenvalue weighted by Gasteiger charge is -1.99. The van der Waals surface area contributed by atoms with E-state index < -0.39 is 0 Å². The summed E-state index contributed by atoms with van der Waals surface area (Å²) >= 11 is 4.01. The third-order valence-corrected chi connectivity index (χ3v) is 1.18. The SMILES string of the molecule is C=C(CS)COCC. The summed E-state index contributed by atoms with van der Waals surface area (Å²) in [6, 6.07) is 0. The highest BCUT2D eigenvalue weighted by Crippen LogP contribution is 1.92. The quantitative estimate of drug-likeness (QED) is 0.450. The van der Waals surface area contributed by atoms with Crippen LogP contribution >= 0.6 is 12.6 Å². The Hall–Kier alpha value is 0.0500. The zero-order valence-electron chi connectivity index (χ0n) is 5.18. The highest BCUT2D eigenvalue weighted by Gasteiger charge is 1.86. The van der Waals surface area contributed by atoms with Gasteiger partial charge in [-0.15, -0.1) is 0 Å². The molecule has 1 nitrogen and oxygen atoms in total. The van der Waals surface area contributed by atoms with Crippen LogP contribution in [0.25, 0.3) is 0 Å². The Balaban J connectivity index is 2.99. The lowest BCUT2D eigenvalue weighted by molar-refractivity contribution is 0.171. The zero-order valence-corrected chi connectivity index (χ0v) is 6.08. The fraction of sp³-hybridized carbons (Fsp3) is 0.667. The molecule has 0 saturated carbocycles. The van der Waals surface area contributed by atoms with Crippen LogP contribution in [-0.4, -0.2) is 19.0 Å². The van der Waals surface area contributed by atoms with Crippen LogP contribution in [0.3, 0.4) is 0 Å². The van der Waals surface area contributed by atoms with Crippen molar-refractivity contribution in [3.05, 3.63) is 12.2 Å². The van der Waals surface area contributed by atoms with E-state index in [0.717, 1.165) is 17.9 Å². The van der Waals surface area contributed by atoms with Crippen molar-refractivity contribution in [1.29, 1.82) is 0 Å². The number of hydrogen-bond acceptors (Lipinski definition) is 2. The maximum Gasteiger partial charge on any atom is 0.0681 e. The molecule has 0 aromatic rings. The number of rotatable bonds is 4. The fourth-order valence-corrected chi connectivity index (χ4v) is 0.383. The van der Waals surface area contributed by atoms with Gasteiger partial charge in [-0.25, -0.2) is 0 Å². The molecule has 0 amide bonds. The van der Waals surface area contributed by atoms with Crippen molar-refractivity contribution in [3.8, 4) is 0 Å². The first-order valence-electron chi connectivity index (χ1n) is 2.66. The molecule has 0 bridgehead atoms. The van der Waals surface area contributed by atoms with Crippen LogP contribution in [-0.2, 0) is 4.74 Å². The minimum absolute atomic E-state index is 0.653. The van der Waals surface area contributed by atoms with Crippen molar-refractivity contribution in [1.82, 2.24) is 0 Å². The average molecular weight is 132 g/mol. The van der Waals surface area contributed by atoms with Crippen LogP contribution in [0, 0.1) is 0 Å². The first kappa shape index (κ1) is 8.05. The van der Waals surface area contributed by atoms with E-state index in [0.29, 0.717) is 6.61 Å². The summed E-state index contributed by atoms with van der Waals surface area (Å²) in [4.78, 5) is 0. The van der Waals surface area contributed by atoms with Gasteiger partial charge in [-0.2, -0.15) is 12.6 Å². The monoisotopic (exact) mass is 132 g/mol. The van der Waals surface area contributed by atoms with Gasteiger partial charge in [0, 0.05) is 12.4 Å².